The summed E-state index contributed by atoms with van der Waals surface area (Å²) in [6.07, 6.45) is 3.11. The minimum absolute atomic E-state index is 0.0859. The molecule has 4 aliphatic rings. The second-order valence-electron chi connectivity index (χ2n) is 11.0. The van der Waals surface area contributed by atoms with Gasteiger partial charge >= 0.3 is 6.16 Å². The Morgan fingerprint density at radius 2 is 1.95 bits per heavy atom. The highest BCUT2D eigenvalue weighted by atomic mass is 32.2. The van der Waals surface area contributed by atoms with Gasteiger partial charge in [0.1, 0.15) is 6.17 Å². The maximum absolute atomic E-state index is 15.3. The zero-order valence-electron chi connectivity index (χ0n) is 22.7. The first kappa shape index (κ1) is 26.8. The highest BCUT2D eigenvalue weighted by molar-refractivity contribution is 7.98. The number of fused-ring (bicyclic) bond motifs is 5. The van der Waals surface area contributed by atoms with Crippen LogP contribution < -0.4 is 15.6 Å². The van der Waals surface area contributed by atoms with Crippen molar-refractivity contribution in [1.29, 1.82) is 0 Å². The number of nitrogens with zero attached hydrogens (tertiary/aromatic N) is 2. The van der Waals surface area contributed by atoms with E-state index in [1.807, 2.05) is 24.3 Å². The number of benzene rings is 2. The summed E-state index contributed by atoms with van der Waals surface area (Å²) in [6.45, 7) is -0.662. The minimum Gasteiger partial charge on any atom is -0.451 e. The Morgan fingerprint density at radius 1 is 1.14 bits per heavy atom. The molecule has 0 bridgehead atoms. The average Bonchev–Trinajstić information content (AvgIpc) is 3.78. The monoisotopic (exact) mass is 595 g/mol. The fraction of sp³-hybridized carbons (Fsp3) is 0.367. The Balaban J connectivity index is 1.42. The maximum atomic E-state index is 15.3. The lowest BCUT2D eigenvalue weighted by Gasteiger charge is -2.47. The molecule has 7 rings (SSSR count). The summed E-state index contributed by atoms with van der Waals surface area (Å²) >= 11 is 1.43. The third-order valence-corrected chi connectivity index (χ3v) is 9.75. The molecule has 1 atom stereocenters. The quantitative estimate of drug-likeness (QED) is 0.327. The van der Waals surface area contributed by atoms with Crippen molar-refractivity contribution in [3.05, 3.63) is 80.6 Å². The van der Waals surface area contributed by atoms with Gasteiger partial charge in [-0.3, -0.25) is 9.59 Å². The van der Waals surface area contributed by atoms with E-state index in [9.17, 15) is 14.4 Å². The molecule has 42 heavy (non-hydrogen) atoms. The summed E-state index contributed by atoms with van der Waals surface area (Å²) < 4.78 is 46.8. The van der Waals surface area contributed by atoms with Crippen molar-refractivity contribution >= 4 is 23.8 Å². The van der Waals surface area contributed by atoms with E-state index in [1.54, 1.807) is 4.90 Å². The average molecular weight is 596 g/mol. The number of halogens is 2. The van der Waals surface area contributed by atoms with Gasteiger partial charge in [-0.2, -0.15) is 0 Å². The van der Waals surface area contributed by atoms with E-state index in [1.165, 1.54) is 22.5 Å². The number of hydrogen-bond donors (Lipinski definition) is 1. The lowest BCUT2D eigenvalue weighted by Crippen LogP contribution is -2.61. The molecule has 0 unspecified atom stereocenters. The summed E-state index contributed by atoms with van der Waals surface area (Å²) in [5, 5.41) is 0. The molecule has 3 aliphatic heterocycles. The molecule has 1 N–H and O–H groups in total. The van der Waals surface area contributed by atoms with Gasteiger partial charge in [0.05, 0.1) is 12.8 Å². The molecule has 9 nitrogen and oxygen atoms in total. The van der Waals surface area contributed by atoms with Gasteiger partial charge in [-0.15, -0.1) is 11.8 Å². The van der Waals surface area contributed by atoms with E-state index in [0.717, 1.165) is 49.3 Å². The molecule has 2 aromatic carbocycles. The maximum Gasteiger partial charge on any atom is 0.510 e. The zero-order valence-corrected chi connectivity index (χ0v) is 23.5. The summed E-state index contributed by atoms with van der Waals surface area (Å²) in [4.78, 5) is 42.1. The van der Waals surface area contributed by atoms with E-state index in [-0.39, 0.29) is 40.2 Å². The first-order valence-corrected chi connectivity index (χ1v) is 14.7. The molecule has 1 amide bonds. The standard InChI is InChI=1S/C30H27F2N3O6S/c1-39-29(38)41-15-40-27-22(36)13-21(35-26(27)28(37)34-24(33-35)7-4-8-30(34)9-10-30)18-12-20(31)25(32)19-14-42-23-6-3-2-5-16(23)11-17(18)19/h2-3,5-6,12-13,24,33H,4,7-11,14-15H2,1H3/t24-/m0/s1. The van der Waals surface area contributed by atoms with Gasteiger partial charge in [0.2, 0.25) is 18.0 Å². The Labute approximate surface area is 243 Å². The number of thioether (sulfide) groups is 1. The number of carbonyl (C=O) groups excluding carboxylic acids is 2. The third-order valence-electron chi connectivity index (χ3n) is 8.61. The Kier molecular flexibility index (Phi) is 6.41. The fourth-order valence-electron chi connectivity index (χ4n) is 6.46. The molecule has 1 spiro atoms. The number of piperidine rings is 1. The second kappa shape index (κ2) is 10.0. The number of methoxy groups -OCH3 is 1. The van der Waals surface area contributed by atoms with Gasteiger partial charge in [0.15, 0.2) is 17.3 Å². The molecule has 1 aromatic heterocycles. The van der Waals surface area contributed by atoms with Crippen LogP contribution in [0, 0.1) is 11.6 Å². The predicted molar refractivity (Wildman–Crippen MR) is 149 cm³/mol. The molecule has 12 heteroatoms. The largest absolute Gasteiger partial charge is 0.510 e. The van der Waals surface area contributed by atoms with Crippen LogP contribution in [0.5, 0.6) is 5.75 Å². The number of ether oxygens (including phenoxy) is 3. The van der Waals surface area contributed by atoms with Gasteiger partial charge in [-0.1, -0.05) is 18.2 Å². The molecular formula is C30H27F2N3O6S. The molecule has 1 saturated heterocycles. The molecule has 1 aliphatic carbocycles. The molecule has 0 radical (unpaired) electrons. The van der Waals surface area contributed by atoms with Crippen molar-refractivity contribution < 1.29 is 32.6 Å². The first-order valence-electron chi connectivity index (χ1n) is 13.8. The van der Waals surface area contributed by atoms with E-state index >= 15 is 8.78 Å². The number of carbonyl (C=O) groups is 2. The summed E-state index contributed by atoms with van der Waals surface area (Å²) in [6, 6.07) is 10.0. The number of aromatic nitrogens is 1. The fourth-order valence-corrected chi connectivity index (χ4v) is 7.56. The van der Waals surface area contributed by atoms with Gasteiger partial charge in [-0.05, 0) is 61.8 Å². The van der Waals surface area contributed by atoms with Gasteiger partial charge < -0.3 is 24.5 Å². The molecule has 4 heterocycles. The van der Waals surface area contributed by atoms with Crippen LogP contribution in [0.1, 0.15) is 59.3 Å². The minimum atomic E-state index is -1.04. The second-order valence-corrected chi connectivity index (χ2v) is 12.0. The third kappa shape index (κ3) is 4.22. The van der Waals surface area contributed by atoms with Crippen LogP contribution in [0.15, 0.2) is 46.1 Å². The summed E-state index contributed by atoms with van der Waals surface area (Å²) in [7, 11) is 1.13. The Hall–Kier alpha value is -4.06. The highest BCUT2D eigenvalue weighted by Crippen LogP contribution is 2.52. The van der Waals surface area contributed by atoms with Gasteiger partial charge in [0, 0.05) is 33.4 Å². The highest BCUT2D eigenvalue weighted by Gasteiger charge is 2.57. The van der Waals surface area contributed by atoms with Crippen molar-refractivity contribution in [3.63, 3.8) is 0 Å². The first-order chi connectivity index (χ1) is 20.3. The van der Waals surface area contributed by atoms with Crippen LogP contribution in [-0.2, 0) is 21.6 Å². The van der Waals surface area contributed by atoms with Crippen LogP contribution in [0.2, 0.25) is 0 Å². The SMILES string of the molecule is COC(=O)OCOc1c2n(c(-c3cc(F)c(F)c4c3Cc3ccccc3SC4)cc1=O)N[C@@H]1CCCC3(CC3)N1C2=O. The van der Waals surface area contributed by atoms with Crippen LogP contribution >= 0.6 is 11.8 Å². The van der Waals surface area contributed by atoms with Crippen molar-refractivity contribution in [2.45, 2.75) is 60.9 Å². The molecule has 3 aromatic rings. The van der Waals surface area contributed by atoms with E-state index in [2.05, 4.69) is 10.2 Å². The molecule has 218 valence electrons. The number of rotatable bonds is 4. The van der Waals surface area contributed by atoms with Gasteiger partial charge in [0.25, 0.3) is 5.91 Å². The van der Waals surface area contributed by atoms with Crippen LogP contribution in [-0.4, -0.2) is 47.2 Å². The van der Waals surface area contributed by atoms with Crippen molar-refractivity contribution in [2.75, 3.05) is 19.3 Å². The van der Waals surface area contributed by atoms with Gasteiger partial charge in [-0.25, -0.2) is 18.3 Å². The van der Waals surface area contributed by atoms with Crippen LogP contribution in [0.3, 0.4) is 0 Å². The van der Waals surface area contributed by atoms with E-state index in [0.29, 0.717) is 24.0 Å². The molecule has 2 fully saturated rings. The number of nitrogens with one attached hydrogen (secondary N) is 1. The van der Waals surface area contributed by atoms with Crippen molar-refractivity contribution in [2.24, 2.45) is 0 Å². The van der Waals surface area contributed by atoms with Crippen LogP contribution in [0.25, 0.3) is 11.3 Å². The van der Waals surface area contributed by atoms with Crippen molar-refractivity contribution in [1.82, 2.24) is 9.58 Å². The topological polar surface area (TPSA) is 99.1 Å². The number of amides is 1. The van der Waals surface area contributed by atoms with Crippen molar-refractivity contribution in [3.8, 4) is 17.0 Å². The molecular weight excluding hydrogens is 568 g/mol. The number of hydrogen-bond acceptors (Lipinski definition) is 8. The summed E-state index contributed by atoms with van der Waals surface area (Å²) in [5.41, 5.74) is 4.60. The summed E-state index contributed by atoms with van der Waals surface area (Å²) in [5.74, 6) is -2.47. The lowest BCUT2D eigenvalue weighted by molar-refractivity contribution is 0.0123. The number of pyridine rings is 1. The predicted octanol–water partition coefficient (Wildman–Crippen LogP) is 5.15. The zero-order chi connectivity index (χ0) is 29.2. The smallest absolute Gasteiger partial charge is 0.451 e. The Bertz CT molecular complexity index is 1710. The van der Waals surface area contributed by atoms with E-state index < -0.39 is 35.9 Å². The molecule has 1 saturated carbocycles. The normalized spacial score (nSPS) is 19.5. The van der Waals surface area contributed by atoms with E-state index in [4.69, 9.17) is 9.47 Å². The van der Waals surface area contributed by atoms with Crippen LogP contribution in [0.4, 0.5) is 13.6 Å². The lowest BCUT2D eigenvalue weighted by atomic mass is 9.92. The Morgan fingerprint density at radius 3 is 2.74 bits per heavy atom.